The van der Waals surface area contributed by atoms with Crippen LogP contribution in [0, 0.1) is 0 Å². The van der Waals surface area contributed by atoms with Gasteiger partial charge in [-0.05, 0) is 39.3 Å². The summed E-state index contributed by atoms with van der Waals surface area (Å²) in [7, 11) is 3.91. The highest BCUT2D eigenvalue weighted by atomic mass is 127. The van der Waals surface area contributed by atoms with Crippen LogP contribution in [0.1, 0.15) is 44.9 Å². The van der Waals surface area contributed by atoms with E-state index in [2.05, 4.69) is 27.6 Å². The van der Waals surface area contributed by atoms with Gasteiger partial charge in [-0.2, -0.15) is 13.2 Å². The van der Waals surface area contributed by atoms with Gasteiger partial charge in [-0.15, -0.1) is 24.0 Å². The lowest BCUT2D eigenvalue weighted by atomic mass is 9.94. The molecule has 9 heteroatoms. The molecule has 2 N–H and O–H groups in total. The van der Waals surface area contributed by atoms with Crippen LogP contribution < -0.4 is 10.6 Å². The number of halogens is 4. The maximum absolute atomic E-state index is 12.5. The van der Waals surface area contributed by atoms with Crippen LogP contribution in [-0.4, -0.2) is 80.8 Å². The van der Waals surface area contributed by atoms with Crippen molar-refractivity contribution in [3.8, 4) is 0 Å². The average Bonchev–Trinajstić information content (AvgIpc) is 3.03. The molecule has 1 aliphatic heterocycles. The summed E-state index contributed by atoms with van der Waals surface area (Å²) in [6.45, 7) is 1.92. The topological polar surface area (TPSA) is 42.9 Å². The van der Waals surface area contributed by atoms with E-state index < -0.39 is 12.7 Å². The molecule has 1 atom stereocenters. The second kappa shape index (κ2) is 12.3. The van der Waals surface area contributed by atoms with Crippen LogP contribution in [0.2, 0.25) is 0 Å². The summed E-state index contributed by atoms with van der Waals surface area (Å²) in [5, 5.41) is 6.54. The number of likely N-dealkylation sites (tertiary alicyclic amines) is 1. The van der Waals surface area contributed by atoms with Gasteiger partial charge in [0, 0.05) is 38.8 Å². The third kappa shape index (κ3) is 9.65. The van der Waals surface area contributed by atoms with Crippen LogP contribution in [-0.2, 0) is 0 Å². The summed E-state index contributed by atoms with van der Waals surface area (Å²) < 4.78 is 37.4. The van der Waals surface area contributed by atoms with E-state index in [9.17, 15) is 13.2 Å². The van der Waals surface area contributed by atoms with Crippen molar-refractivity contribution in [1.82, 2.24) is 20.4 Å². The molecule has 27 heavy (non-hydrogen) atoms. The molecule has 160 valence electrons. The third-order valence-electron chi connectivity index (χ3n) is 5.42. The number of guanidine groups is 1. The zero-order valence-corrected chi connectivity index (χ0v) is 18.9. The largest absolute Gasteiger partial charge is 0.401 e. The Balaban J connectivity index is 0.00000364. The molecule has 2 rings (SSSR count). The van der Waals surface area contributed by atoms with Crippen molar-refractivity contribution >= 4 is 29.9 Å². The standard InChI is InChI=1S/C18H34F3N5.HI/c1-22-17(24-15-9-12-26(13-15)14-18(19,20)21)23-10-6-11-25(2)16-7-4-3-5-8-16;/h15-16H,3-14H2,1-2H3,(H2,22,23,24);1H. The Bertz CT molecular complexity index is 441. The molecule has 1 heterocycles. The average molecular weight is 505 g/mol. The number of rotatable bonds is 7. The van der Waals surface area contributed by atoms with Gasteiger partial charge in [0.15, 0.2) is 5.96 Å². The minimum Gasteiger partial charge on any atom is -0.356 e. The van der Waals surface area contributed by atoms with E-state index in [-0.39, 0.29) is 30.0 Å². The Morgan fingerprint density at radius 3 is 2.52 bits per heavy atom. The van der Waals surface area contributed by atoms with Gasteiger partial charge in [0.2, 0.25) is 0 Å². The summed E-state index contributed by atoms with van der Waals surface area (Å²) in [6, 6.07) is 0.743. The number of hydrogen-bond acceptors (Lipinski definition) is 3. The van der Waals surface area contributed by atoms with Crippen molar-refractivity contribution in [2.45, 2.75) is 63.2 Å². The molecule has 0 aromatic rings. The summed E-state index contributed by atoms with van der Waals surface area (Å²) in [6.07, 6.45) is 4.29. The third-order valence-corrected chi connectivity index (χ3v) is 5.42. The van der Waals surface area contributed by atoms with E-state index in [0.29, 0.717) is 25.5 Å². The van der Waals surface area contributed by atoms with Crippen LogP contribution in [0.25, 0.3) is 0 Å². The highest BCUT2D eigenvalue weighted by Crippen LogP contribution is 2.21. The predicted octanol–water partition coefficient (Wildman–Crippen LogP) is 3.06. The van der Waals surface area contributed by atoms with Crippen LogP contribution in [0.4, 0.5) is 13.2 Å². The molecule has 2 aliphatic rings. The van der Waals surface area contributed by atoms with Gasteiger partial charge in [0.25, 0.3) is 0 Å². The molecule has 0 bridgehead atoms. The molecule has 2 fully saturated rings. The van der Waals surface area contributed by atoms with Crippen molar-refractivity contribution < 1.29 is 13.2 Å². The number of alkyl halides is 3. The second-order valence-corrected chi connectivity index (χ2v) is 7.61. The van der Waals surface area contributed by atoms with Gasteiger partial charge < -0.3 is 15.5 Å². The number of nitrogens with one attached hydrogen (secondary N) is 2. The predicted molar refractivity (Wildman–Crippen MR) is 115 cm³/mol. The fraction of sp³-hybridized carbons (Fsp3) is 0.944. The van der Waals surface area contributed by atoms with Crippen LogP contribution in [0.3, 0.4) is 0 Å². The van der Waals surface area contributed by atoms with Crippen molar-refractivity contribution in [3.05, 3.63) is 0 Å². The molecule has 0 aromatic heterocycles. The van der Waals surface area contributed by atoms with Gasteiger partial charge in [0.05, 0.1) is 6.54 Å². The zero-order valence-electron chi connectivity index (χ0n) is 16.5. The fourth-order valence-corrected chi connectivity index (χ4v) is 3.98. The van der Waals surface area contributed by atoms with Crippen LogP contribution in [0.5, 0.6) is 0 Å². The second-order valence-electron chi connectivity index (χ2n) is 7.61. The molecule has 0 radical (unpaired) electrons. The van der Waals surface area contributed by atoms with E-state index in [0.717, 1.165) is 25.6 Å². The van der Waals surface area contributed by atoms with Gasteiger partial charge >= 0.3 is 6.18 Å². The lowest BCUT2D eigenvalue weighted by Crippen LogP contribution is -2.45. The SMILES string of the molecule is CN=C(NCCCN(C)C1CCCCC1)NC1CCN(CC(F)(F)F)C1.I. The van der Waals surface area contributed by atoms with Crippen molar-refractivity contribution in [2.75, 3.05) is 46.8 Å². The van der Waals surface area contributed by atoms with E-state index in [1.54, 1.807) is 7.05 Å². The molecule has 1 saturated heterocycles. The molecule has 1 unspecified atom stereocenters. The zero-order chi connectivity index (χ0) is 19.0. The van der Waals surface area contributed by atoms with E-state index >= 15 is 0 Å². The first-order valence-electron chi connectivity index (χ1n) is 9.84. The Labute approximate surface area is 178 Å². The highest BCUT2D eigenvalue weighted by Gasteiger charge is 2.34. The van der Waals surface area contributed by atoms with E-state index in [1.165, 1.54) is 37.0 Å². The Morgan fingerprint density at radius 1 is 1.19 bits per heavy atom. The van der Waals surface area contributed by atoms with Gasteiger partial charge in [-0.3, -0.25) is 9.89 Å². The number of nitrogens with zero attached hydrogens (tertiary/aromatic N) is 3. The lowest BCUT2D eigenvalue weighted by Gasteiger charge is -2.31. The summed E-state index contributed by atoms with van der Waals surface area (Å²) in [5.74, 6) is 0.684. The lowest BCUT2D eigenvalue weighted by molar-refractivity contribution is -0.143. The molecule has 5 nitrogen and oxygen atoms in total. The molecular formula is C18H35F3IN5. The Hall–Kier alpha value is -0.290. The maximum atomic E-state index is 12.5. The van der Waals surface area contributed by atoms with Crippen molar-refractivity contribution in [2.24, 2.45) is 4.99 Å². The summed E-state index contributed by atoms with van der Waals surface area (Å²) in [5.41, 5.74) is 0. The van der Waals surface area contributed by atoms with E-state index in [1.807, 2.05) is 0 Å². The molecule has 1 saturated carbocycles. The van der Waals surface area contributed by atoms with Crippen molar-refractivity contribution in [1.29, 1.82) is 0 Å². The van der Waals surface area contributed by atoms with Gasteiger partial charge in [-0.1, -0.05) is 19.3 Å². The Morgan fingerprint density at radius 2 is 1.89 bits per heavy atom. The normalized spacial score (nSPS) is 22.7. The molecule has 0 spiro atoms. The quantitative estimate of drug-likeness (QED) is 0.242. The Kier molecular flexibility index (Phi) is 11.3. The van der Waals surface area contributed by atoms with Crippen molar-refractivity contribution in [3.63, 3.8) is 0 Å². The monoisotopic (exact) mass is 505 g/mol. The van der Waals surface area contributed by atoms with E-state index in [4.69, 9.17) is 0 Å². The molecule has 0 amide bonds. The maximum Gasteiger partial charge on any atom is 0.401 e. The van der Waals surface area contributed by atoms with Gasteiger partial charge in [-0.25, -0.2) is 0 Å². The molecular weight excluding hydrogens is 470 g/mol. The number of aliphatic imine (C=N–C) groups is 1. The first-order chi connectivity index (χ1) is 12.4. The minimum atomic E-state index is -4.13. The summed E-state index contributed by atoms with van der Waals surface area (Å²) in [4.78, 5) is 8.11. The number of hydrogen-bond donors (Lipinski definition) is 2. The first-order valence-corrected chi connectivity index (χ1v) is 9.84. The van der Waals surface area contributed by atoms with Crippen LogP contribution in [0.15, 0.2) is 4.99 Å². The first kappa shape index (κ1) is 24.7. The highest BCUT2D eigenvalue weighted by molar-refractivity contribution is 14.0. The molecule has 1 aliphatic carbocycles. The smallest absolute Gasteiger partial charge is 0.356 e. The molecule has 0 aromatic carbocycles. The van der Waals surface area contributed by atoms with Crippen LogP contribution >= 0.6 is 24.0 Å². The minimum absolute atomic E-state index is 0. The van der Waals surface area contributed by atoms with Gasteiger partial charge in [0.1, 0.15) is 0 Å². The summed E-state index contributed by atoms with van der Waals surface area (Å²) >= 11 is 0. The fourth-order valence-electron chi connectivity index (χ4n) is 3.98.